The van der Waals surface area contributed by atoms with Gasteiger partial charge >= 0.3 is 0 Å². The van der Waals surface area contributed by atoms with Crippen molar-refractivity contribution in [1.82, 2.24) is 20.1 Å². The maximum atomic E-state index is 4.30. The second-order valence-electron chi connectivity index (χ2n) is 4.50. The number of benzene rings is 1. The molecule has 6 heteroatoms. The molecule has 2 aromatic rings. The first-order valence-corrected chi connectivity index (χ1v) is 8.42. The second-order valence-corrected chi connectivity index (χ2v) is 6.42. The number of halogens is 1. The SMILES string of the molecule is CCNC(CSc1ccccc1Br)Cc1ncnn1C. The minimum atomic E-state index is 0.389. The molecule has 0 fully saturated rings. The summed E-state index contributed by atoms with van der Waals surface area (Å²) in [5, 5.41) is 7.65. The van der Waals surface area contributed by atoms with Crippen LogP contribution in [0.2, 0.25) is 0 Å². The first-order chi connectivity index (χ1) is 9.70. The number of hydrogen-bond donors (Lipinski definition) is 1. The van der Waals surface area contributed by atoms with Crippen molar-refractivity contribution < 1.29 is 0 Å². The highest BCUT2D eigenvalue weighted by atomic mass is 79.9. The minimum Gasteiger partial charge on any atom is -0.313 e. The average molecular weight is 355 g/mol. The van der Waals surface area contributed by atoms with Gasteiger partial charge in [0.05, 0.1) is 0 Å². The molecule has 0 radical (unpaired) electrons. The molecule has 0 bridgehead atoms. The molecule has 1 heterocycles. The van der Waals surface area contributed by atoms with E-state index in [9.17, 15) is 0 Å². The van der Waals surface area contributed by atoms with Crippen molar-refractivity contribution in [2.45, 2.75) is 24.3 Å². The van der Waals surface area contributed by atoms with E-state index in [1.807, 2.05) is 29.6 Å². The van der Waals surface area contributed by atoms with E-state index in [-0.39, 0.29) is 0 Å². The number of thioether (sulfide) groups is 1. The first kappa shape index (κ1) is 15.5. The van der Waals surface area contributed by atoms with Crippen LogP contribution in [0.15, 0.2) is 40.0 Å². The summed E-state index contributed by atoms with van der Waals surface area (Å²) in [6, 6.07) is 8.71. The molecule has 0 aliphatic heterocycles. The maximum absolute atomic E-state index is 4.30. The lowest BCUT2D eigenvalue weighted by molar-refractivity contribution is 0.542. The zero-order chi connectivity index (χ0) is 14.4. The topological polar surface area (TPSA) is 42.7 Å². The van der Waals surface area contributed by atoms with Gasteiger partial charge < -0.3 is 5.32 Å². The highest BCUT2D eigenvalue weighted by Crippen LogP contribution is 2.27. The van der Waals surface area contributed by atoms with Gasteiger partial charge in [-0.1, -0.05) is 19.1 Å². The molecule has 4 nitrogen and oxygen atoms in total. The van der Waals surface area contributed by atoms with Crippen LogP contribution >= 0.6 is 27.7 Å². The Morgan fingerprint density at radius 1 is 1.40 bits per heavy atom. The number of hydrogen-bond acceptors (Lipinski definition) is 4. The van der Waals surface area contributed by atoms with Gasteiger partial charge in [-0.3, -0.25) is 4.68 Å². The summed E-state index contributed by atoms with van der Waals surface area (Å²) in [7, 11) is 1.94. The van der Waals surface area contributed by atoms with Gasteiger partial charge in [0.25, 0.3) is 0 Å². The molecule has 1 N–H and O–H groups in total. The largest absolute Gasteiger partial charge is 0.313 e. The van der Waals surface area contributed by atoms with Gasteiger partial charge in [0.2, 0.25) is 0 Å². The first-order valence-electron chi connectivity index (χ1n) is 6.64. The molecule has 1 aromatic carbocycles. The van der Waals surface area contributed by atoms with E-state index in [0.29, 0.717) is 6.04 Å². The van der Waals surface area contributed by atoms with E-state index in [1.165, 1.54) is 4.90 Å². The van der Waals surface area contributed by atoms with Gasteiger partial charge in [-0.2, -0.15) is 5.10 Å². The summed E-state index contributed by atoms with van der Waals surface area (Å²) >= 11 is 5.45. The van der Waals surface area contributed by atoms with Crippen LogP contribution in [0.25, 0.3) is 0 Å². The van der Waals surface area contributed by atoms with Gasteiger partial charge in [0.1, 0.15) is 12.2 Å². The van der Waals surface area contributed by atoms with Crippen LogP contribution in [0.5, 0.6) is 0 Å². The standard InChI is InChI=1S/C14H19BrN4S/c1-3-16-11(8-14-17-10-18-19(14)2)9-20-13-7-5-4-6-12(13)15/h4-7,10-11,16H,3,8-9H2,1-2H3. The molecule has 1 unspecified atom stereocenters. The third-order valence-corrected chi connectivity index (χ3v) is 5.19. The Morgan fingerprint density at radius 3 is 2.85 bits per heavy atom. The molecule has 0 saturated heterocycles. The van der Waals surface area contributed by atoms with E-state index in [2.05, 4.69) is 56.5 Å². The van der Waals surface area contributed by atoms with Gasteiger partial charge in [0.15, 0.2) is 0 Å². The second kappa shape index (κ2) is 7.81. The van der Waals surface area contributed by atoms with Crippen molar-refractivity contribution in [3.63, 3.8) is 0 Å². The highest BCUT2D eigenvalue weighted by Gasteiger charge is 2.13. The number of aryl methyl sites for hydroxylation is 1. The smallest absolute Gasteiger partial charge is 0.138 e. The summed E-state index contributed by atoms with van der Waals surface area (Å²) < 4.78 is 2.99. The van der Waals surface area contributed by atoms with Gasteiger partial charge in [-0.15, -0.1) is 11.8 Å². The number of nitrogens with one attached hydrogen (secondary N) is 1. The molecule has 1 aromatic heterocycles. The van der Waals surface area contributed by atoms with E-state index in [4.69, 9.17) is 0 Å². The molecule has 0 spiro atoms. The van der Waals surface area contributed by atoms with Crippen molar-refractivity contribution >= 4 is 27.7 Å². The van der Waals surface area contributed by atoms with E-state index in [1.54, 1.807) is 6.33 Å². The Balaban J connectivity index is 1.96. The van der Waals surface area contributed by atoms with Crippen LogP contribution in [0, 0.1) is 0 Å². The maximum Gasteiger partial charge on any atom is 0.138 e. The fraction of sp³-hybridized carbons (Fsp3) is 0.429. The summed E-state index contributed by atoms with van der Waals surface area (Å²) in [6.07, 6.45) is 2.50. The lowest BCUT2D eigenvalue weighted by atomic mass is 10.2. The Hall–Kier alpha value is -0.850. The summed E-state index contributed by atoms with van der Waals surface area (Å²) in [5.74, 6) is 2.02. The third-order valence-electron chi connectivity index (χ3n) is 3.00. The molecular weight excluding hydrogens is 336 g/mol. The molecule has 2 rings (SSSR count). The van der Waals surface area contributed by atoms with Crippen LogP contribution in [-0.4, -0.2) is 33.1 Å². The normalized spacial score (nSPS) is 12.6. The van der Waals surface area contributed by atoms with E-state index in [0.717, 1.165) is 29.0 Å². The fourth-order valence-electron chi connectivity index (χ4n) is 1.96. The van der Waals surface area contributed by atoms with E-state index >= 15 is 0 Å². The minimum absolute atomic E-state index is 0.389. The van der Waals surface area contributed by atoms with Crippen molar-refractivity contribution in [1.29, 1.82) is 0 Å². The lowest BCUT2D eigenvalue weighted by Gasteiger charge is -2.17. The summed E-state index contributed by atoms with van der Waals surface area (Å²) in [6.45, 7) is 3.09. The van der Waals surface area contributed by atoms with Gasteiger partial charge in [-0.25, -0.2) is 4.98 Å². The predicted octanol–water partition coefficient (Wildman–Crippen LogP) is 2.89. The fourth-order valence-corrected chi connectivity index (χ4v) is 3.58. The zero-order valence-electron chi connectivity index (χ0n) is 11.7. The Kier molecular flexibility index (Phi) is 6.06. The van der Waals surface area contributed by atoms with Crippen LogP contribution < -0.4 is 5.32 Å². The quantitative estimate of drug-likeness (QED) is 0.776. The van der Waals surface area contributed by atoms with Crippen molar-refractivity contribution in [3.8, 4) is 0 Å². The third kappa shape index (κ3) is 4.33. The van der Waals surface area contributed by atoms with Crippen LogP contribution in [0.3, 0.4) is 0 Å². The molecular formula is C14H19BrN4S. The highest BCUT2D eigenvalue weighted by molar-refractivity contribution is 9.10. The van der Waals surface area contributed by atoms with Gasteiger partial charge in [0, 0.05) is 34.6 Å². The molecule has 1 atom stereocenters. The van der Waals surface area contributed by atoms with Crippen molar-refractivity contribution in [3.05, 3.63) is 40.9 Å². The van der Waals surface area contributed by atoms with Crippen LogP contribution in [-0.2, 0) is 13.5 Å². The van der Waals surface area contributed by atoms with Crippen molar-refractivity contribution in [2.24, 2.45) is 7.05 Å². The molecule has 108 valence electrons. The van der Waals surface area contributed by atoms with Crippen LogP contribution in [0.4, 0.5) is 0 Å². The van der Waals surface area contributed by atoms with Crippen LogP contribution in [0.1, 0.15) is 12.7 Å². The molecule has 0 aliphatic carbocycles. The number of nitrogens with zero attached hydrogens (tertiary/aromatic N) is 3. The Morgan fingerprint density at radius 2 is 2.20 bits per heavy atom. The predicted molar refractivity (Wildman–Crippen MR) is 87.0 cm³/mol. The van der Waals surface area contributed by atoms with Crippen molar-refractivity contribution in [2.75, 3.05) is 12.3 Å². The molecule has 0 amide bonds. The Labute approximate surface area is 132 Å². The summed E-state index contributed by atoms with van der Waals surface area (Å²) in [4.78, 5) is 5.58. The average Bonchev–Trinajstić information content (AvgIpc) is 2.83. The summed E-state index contributed by atoms with van der Waals surface area (Å²) in [5.41, 5.74) is 0. The number of likely N-dealkylation sites (N-methyl/N-ethyl adjacent to an activating group) is 1. The van der Waals surface area contributed by atoms with Gasteiger partial charge in [-0.05, 0) is 34.6 Å². The number of rotatable bonds is 7. The lowest BCUT2D eigenvalue weighted by Crippen LogP contribution is -2.34. The zero-order valence-corrected chi connectivity index (χ0v) is 14.1. The monoisotopic (exact) mass is 354 g/mol. The number of aromatic nitrogens is 3. The molecule has 0 aliphatic rings. The molecule has 0 saturated carbocycles. The molecule has 20 heavy (non-hydrogen) atoms. The van der Waals surface area contributed by atoms with E-state index < -0.39 is 0 Å². The Bertz CT molecular complexity index is 543.